The number of aryl methyl sites for hydroxylation is 1. The highest BCUT2D eigenvalue weighted by Gasteiger charge is 2.14. The summed E-state index contributed by atoms with van der Waals surface area (Å²) in [5.74, 6) is -0.689. The maximum Gasteiger partial charge on any atom is 0.411 e. The Balaban J connectivity index is 2.11. The van der Waals surface area contributed by atoms with E-state index < -0.39 is 19.0 Å². The van der Waals surface area contributed by atoms with Crippen LogP contribution in [0, 0.1) is 0 Å². The number of carboxylic acid groups (broad SMARTS) is 1. The molecule has 3 aromatic rings. The first-order valence-corrected chi connectivity index (χ1v) is 8.03. The maximum atomic E-state index is 11.5. The molecule has 0 saturated heterocycles. The second-order valence-electron chi connectivity index (χ2n) is 5.88. The number of hydrogen-bond donors (Lipinski definition) is 2. The van der Waals surface area contributed by atoms with Crippen LogP contribution in [-0.2, 0) is 18.1 Å². The second kappa shape index (κ2) is 7.41. The highest BCUT2D eigenvalue weighted by atomic mass is 16.5. The Bertz CT molecular complexity index is 1120. The number of nitrogens with zero attached hydrogens (tertiary/aromatic N) is 1. The van der Waals surface area contributed by atoms with Crippen molar-refractivity contribution in [2.24, 2.45) is 6.98 Å². The fourth-order valence-corrected chi connectivity index (χ4v) is 2.91. The summed E-state index contributed by atoms with van der Waals surface area (Å²) in [5.41, 5.74) is 2.38. The Hall–Kier alpha value is -3.48. The zero-order valence-electron chi connectivity index (χ0n) is 17.8. The molecule has 1 aromatic heterocycles. The molecule has 0 aliphatic carbocycles. The number of hydrogen-bond acceptors (Lipinski definition) is 4. The molecular weight excluding hydrogens is 348 g/mol. The Kier molecular flexibility index (Phi) is 4.02. The first-order valence-electron chi connectivity index (χ1n) is 9.53. The van der Waals surface area contributed by atoms with E-state index in [2.05, 4.69) is 10.1 Å². The number of methoxy groups -OCH3 is 2. The molecule has 3 rings (SSSR count). The van der Waals surface area contributed by atoms with Crippen LogP contribution in [0.4, 0.5) is 10.5 Å². The molecule has 7 heteroatoms. The molecule has 140 valence electrons. The van der Waals surface area contributed by atoms with Gasteiger partial charge in [-0.25, -0.2) is 9.59 Å². The van der Waals surface area contributed by atoms with Gasteiger partial charge in [0.15, 0.2) is 0 Å². The summed E-state index contributed by atoms with van der Waals surface area (Å²) >= 11 is 0. The zero-order valence-corrected chi connectivity index (χ0v) is 14.8. The van der Waals surface area contributed by atoms with E-state index in [1.54, 1.807) is 24.3 Å². The summed E-state index contributed by atoms with van der Waals surface area (Å²) in [5, 5.41) is 12.4. The van der Waals surface area contributed by atoms with Crippen molar-refractivity contribution >= 4 is 28.7 Å². The summed E-state index contributed by atoms with van der Waals surface area (Å²) in [6.45, 7) is -2.40. The third-order valence-electron chi connectivity index (χ3n) is 4.23. The van der Waals surface area contributed by atoms with Crippen LogP contribution in [0.3, 0.4) is 0 Å². The van der Waals surface area contributed by atoms with Crippen molar-refractivity contribution in [3.8, 4) is 5.75 Å². The van der Waals surface area contributed by atoms with E-state index in [4.69, 9.17) is 8.85 Å². The summed E-state index contributed by atoms with van der Waals surface area (Å²) in [6.07, 6.45) is 1.19. The van der Waals surface area contributed by atoms with Gasteiger partial charge in [-0.3, -0.25) is 5.32 Å². The molecule has 0 atom stereocenters. The minimum absolute atomic E-state index is 0.0880. The number of rotatable bonds is 5. The van der Waals surface area contributed by atoms with E-state index in [0.717, 1.165) is 0 Å². The van der Waals surface area contributed by atoms with E-state index in [1.807, 2.05) is 0 Å². The molecule has 1 heterocycles. The molecule has 0 spiro atoms. The van der Waals surface area contributed by atoms with Crippen LogP contribution in [0.5, 0.6) is 5.75 Å². The standard InChI is InChI=1S/C20H20N2O5/c1-22-11-14(8-12-4-5-13(19(23)24)9-18(12)26-2)16-10-15(6-7-17(16)22)21-20(25)27-3/h4-7,9-11H,8H2,1-3H3,(H,21,25)(H,23,24)/i1D3. The van der Waals surface area contributed by atoms with E-state index in [1.165, 1.54) is 37.1 Å². The van der Waals surface area contributed by atoms with Gasteiger partial charge in [0.25, 0.3) is 0 Å². The van der Waals surface area contributed by atoms with E-state index in [0.29, 0.717) is 39.9 Å². The van der Waals surface area contributed by atoms with Crippen molar-refractivity contribution in [2.45, 2.75) is 6.42 Å². The van der Waals surface area contributed by atoms with E-state index in [-0.39, 0.29) is 5.56 Å². The summed E-state index contributed by atoms with van der Waals surface area (Å²) in [7, 11) is 2.69. The summed E-state index contributed by atoms with van der Waals surface area (Å²) in [6, 6.07) is 9.40. The molecule has 2 aromatic carbocycles. The molecule has 1 amide bonds. The number of amides is 1. The van der Waals surface area contributed by atoms with Crippen molar-refractivity contribution in [1.82, 2.24) is 4.57 Å². The van der Waals surface area contributed by atoms with Crippen molar-refractivity contribution in [1.29, 1.82) is 0 Å². The molecule has 0 saturated carbocycles. The maximum absolute atomic E-state index is 11.5. The number of nitrogens with one attached hydrogen (secondary N) is 1. The average Bonchev–Trinajstić information content (AvgIpc) is 3.06. The number of fused-ring (bicyclic) bond motifs is 1. The van der Waals surface area contributed by atoms with Crippen LogP contribution < -0.4 is 10.1 Å². The van der Waals surface area contributed by atoms with Gasteiger partial charge in [-0.2, -0.15) is 0 Å². The smallest absolute Gasteiger partial charge is 0.411 e. The van der Waals surface area contributed by atoms with Gasteiger partial charge in [0, 0.05) is 40.3 Å². The van der Waals surface area contributed by atoms with Gasteiger partial charge in [0.1, 0.15) is 5.75 Å². The Morgan fingerprint density at radius 2 is 2.00 bits per heavy atom. The number of carbonyl (C=O) groups excluding carboxylic acids is 1. The monoisotopic (exact) mass is 371 g/mol. The highest BCUT2D eigenvalue weighted by molar-refractivity contribution is 5.92. The van der Waals surface area contributed by atoms with Gasteiger partial charge in [-0.1, -0.05) is 6.07 Å². The Labute approximate surface area is 160 Å². The van der Waals surface area contributed by atoms with Gasteiger partial charge >= 0.3 is 12.1 Å². The van der Waals surface area contributed by atoms with Crippen molar-refractivity contribution in [3.63, 3.8) is 0 Å². The Morgan fingerprint density at radius 1 is 1.19 bits per heavy atom. The molecule has 0 aliphatic heterocycles. The number of anilines is 1. The van der Waals surface area contributed by atoms with Crippen LogP contribution in [0.25, 0.3) is 10.9 Å². The molecule has 0 radical (unpaired) electrons. The van der Waals surface area contributed by atoms with Crippen LogP contribution in [-0.4, -0.2) is 36.0 Å². The lowest BCUT2D eigenvalue weighted by atomic mass is 10.0. The zero-order chi connectivity index (χ0) is 22.1. The number of aromatic carboxylic acids is 1. The third kappa shape index (κ3) is 3.72. The fourth-order valence-electron chi connectivity index (χ4n) is 2.91. The molecular formula is C20H20N2O5. The molecule has 0 bridgehead atoms. The van der Waals surface area contributed by atoms with E-state index in [9.17, 15) is 14.7 Å². The van der Waals surface area contributed by atoms with Gasteiger partial charge in [-0.05, 0) is 41.5 Å². The van der Waals surface area contributed by atoms with E-state index >= 15 is 0 Å². The van der Waals surface area contributed by atoms with Crippen molar-refractivity contribution in [3.05, 3.63) is 59.3 Å². The quantitative estimate of drug-likeness (QED) is 0.714. The minimum Gasteiger partial charge on any atom is -0.496 e. The molecule has 27 heavy (non-hydrogen) atoms. The van der Waals surface area contributed by atoms with Crippen molar-refractivity contribution < 1.29 is 28.3 Å². The first-order chi connectivity index (χ1) is 14.1. The number of ether oxygens (including phenoxy) is 2. The van der Waals surface area contributed by atoms with Gasteiger partial charge in [0.05, 0.1) is 19.8 Å². The lowest BCUT2D eigenvalue weighted by molar-refractivity contribution is 0.0696. The largest absolute Gasteiger partial charge is 0.496 e. The van der Waals surface area contributed by atoms with Crippen molar-refractivity contribution in [2.75, 3.05) is 19.5 Å². The third-order valence-corrected chi connectivity index (χ3v) is 4.23. The van der Waals surface area contributed by atoms with Gasteiger partial charge in [0.2, 0.25) is 0 Å². The predicted molar refractivity (Wildman–Crippen MR) is 102 cm³/mol. The fraction of sp³-hybridized carbons (Fsp3) is 0.200. The minimum atomic E-state index is -2.40. The summed E-state index contributed by atoms with van der Waals surface area (Å²) < 4.78 is 34.6. The number of carboxylic acids is 1. The molecule has 0 unspecified atom stereocenters. The molecule has 2 N–H and O–H groups in total. The van der Waals surface area contributed by atoms with Crippen LogP contribution in [0.2, 0.25) is 0 Å². The molecule has 0 fully saturated rings. The van der Waals surface area contributed by atoms with Crippen LogP contribution in [0.1, 0.15) is 25.6 Å². The number of benzene rings is 2. The summed E-state index contributed by atoms with van der Waals surface area (Å²) in [4.78, 5) is 22.7. The molecule has 0 aliphatic rings. The van der Waals surface area contributed by atoms with Crippen LogP contribution >= 0.6 is 0 Å². The average molecular weight is 371 g/mol. The van der Waals surface area contributed by atoms with Gasteiger partial charge in [-0.15, -0.1) is 0 Å². The second-order valence-corrected chi connectivity index (χ2v) is 5.88. The lowest BCUT2D eigenvalue weighted by Crippen LogP contribution is -2.10. The lowest BCUT2D eigenvalue weighted by Gasteiger charge is -2.09. The number of carbonyl (C=O) groups is 2. The van der Waals surface area contributed by atoms with Crippen LogP contribution in [0.15, 0.2) is 42.6 Å². The predicted octanol–water partition coefficient (Wildman–Crippen LogP) is 3.65. The Morgan fingerprint density at radius 3 is 2.67 bits per heavy atom. The first kappa shape index (κ1) is 14.7. The van der Waals surface area contributed by atoms with Gasteiger partial charge < -0.3 is 19.1 Å². The normalized spacial score (nSPS) is 12.7. The topological polar surface area (TPSA) is 89.8 Å². The highest BCUT2D eigenvalue weighted by Crippen LogP contribution is 2.29. The molecule has 7 nitrogen and oxygen atoms in total. The number of aromatic nitrogens is 1. The SMILES string of the molecule is [2H]C([2H])([2H])n1cc(Cc2ccc(C(=O)O)cc2OC)c2cc(NC(=O)OC)ccc21.